The van der Waals surface area contributed by atoms with Gasteiger partial charge in [-0.05, 0) is 36.4 Å². The highest BCUT2D eigenvalue weighted by molar-refractivity contribution is 6.01. The number of carbonyl (C=O) groups excluding carboxylic acids is 2. The zero-order chi connectivity index (χ0) is 19.2. The molecule has 0 aromatic heterocycles. The number of halogens is 1. The first-order chi connectivity index (χ1) is 13.1. The first-order valence-corrected chi connectivity index (χ1v) is 8.77. The summed E-state index contributed by atoms with van der Waals surface area (Å²) >= 11 is 0. The highest BCUT2D eigenvalue weighted by Crippen LogP contribution is 2.18. The van der Waals surface area contributed by atoms with Crippen LogP contribution in [0, 0.1) is 5.82 Å². The van der Waals surface area contributed by atoms with Gasteiger partial charge in [0, 0.05) is 31.9 Å². The van der Waals surface area contributed by atoms with Crippen molar-refractivity contribution in [2.75, 3.05) is 50.1 Å². The zero-order valence-electron chi connectivity index (χ0n) is 15.2. The van der Waals surface area contributed by atoms with Gasteiger partial charge < -0.3 is 15.0 Å². The number of ether oxygens (including phenoxy) is 1. The van der Waals surface area contributed by atoms with Crippen molar-refractivity contribution in [3.8, 4) is 0 Å². The van der Waals surface area contributed by atoms with Crippen LogP contribution in [0.5, 0.6) is 0 Å². The number of piperazine rings is 1. The van der Waals surface area contributed by atoms with E-state index in [0.717, 1.165) is 31.9 Å². The zero-order valence-corrected chi connectivity index (χ0v) is 15.2. The van der Waals surface area contributed by atoms with Crippen LogP contribution in [-0.4, -0.2) is 56.6 Å². The lowest BCUT2D eigenvalue weighted by atomic mass is 10.2. The molecule has 1 amide bonds. The highest BCUT2D eigenvalue weighted by atomic mass is 19.1. The van der Waals surface area contributed by atoms with Gasteiger partial charge in [0.2, 0.25) is 5.91 Å². The number of methoxy groups -OCH3 is 1. The summed E-state index contributed by atoms with van der Waals surface area (Å²) in [6.07, 6.45) is 0. The van der Waals surface area contributed by atoms with Gasteiger partial charge in [0.1, 0.15) is 5.82 Å². The summed E-state index contributed by atoms with van der Waals surface area (Å²) in [4.78, 5) is 28.4. The molecular weight excluding hydrogens is 349 g/mol. The second-order valence-corrected chi connectivity index (χ2v) is 6.32. The first kappa shape index (κ1) is 18.8. The molecule has 2 aromatic carbocycles. The van der Waals surface area contributed by atoms with E-state index < -0.39 is 5.97 Å². The minimum Gasteiger partial charge on any atom is -0.465 e. The number of hydrogen-bond acceptors (Lipinski definition) is 5. The summed E-state index contributed by atoms with van der Waals surface area (Å²) in [6, 6.07) is 13.2. The fourth-order valence-corrected chi connectivity index (χ4v) is 3.09. The maximum absolute atomic E-state index is 13.0. The lowest BCUT2D eigenvalue weighted by Crippen LogP contribution is -2.48. The van der Waals surface area contributed by atoms with Crippen LogP contribution in [-0.2, 0) is 9.53 Å². The molecule has 2 aromatic rings. The Bertz CT molecular complexity index is 802. The Balaban J connectivity index is 1.53. The molecule has 6 nitrogen and oxygen atoms in total. The van der Waals surface area contributed by atoms with Crippen LogP contribution >= 0.6 is 0 Å². The average Bonchev–Trinajstić information content (AvgIpc) is 2.69. The van der Waals surface area contributed by atoms with E-state index in [4.69, 9.17) is 4.74 Å². The van der Waals surface area contributed by atoms with Crippen molar-refractivity contribution in [1.82, 2.24) is 4.90 Å². The van der Waals surface area contributed by atoms with E-state index in [1.807, 2.05) is 0 Å². The van der Waals surface area contributed by atoms with Gasteiger partial charge in [-0.3, -0.25) is 9.69 Å². The molecular formula is C20H22FN3O3. The van der Waals surface area contributed by atoms with Crippen molar-refractivity contribution in [3.63, 3.8) is 0 Å². The predicted octanol–water partition coefficient (Wildman–Crippen LogP) is 2.37. The molecule has 1 aliphatic rings. The fraction of sp³-hybridized carbons (Fsp3) is 0.300. The summed E-state index contributed by atoms with van der Waals surface area (Å²) in [5.41, 5.74) is 1.75. The largest absolute Gasteiger partial charge is 0.465 e. The van der Waals surface area contributed by atoms with Crippen molar-refractivity contribution in [2.45, 2.75) is 0 Å². The van der Waals surface area contributed by atoms with Gasteiger partial charge in [0.25, 0.3) is 0 Å². The van der Waals surface area contributed by atoms with E-state index in [2.05, 4.69) is 15.1 Å². The first-order valence-electron chi connectivity index (χ1n) is 8.77. The number of amides is 1. The quantitative estimate of drug-likeness (QED) is 0.818. The van der Waals surface area contributed by atoms with Gasteiger partial charge in [0.05, 0.1) is 24.9 Å². The Kier molecular flexibility index (Phi) is 6.03. The number of anilines is 2. The molecule has 1 fully saturated rings. The van der Waals surface area contributed by atoms with Crippen molar-refractivity contribution < 1.29 is 18.7 Å². The molecule has 0 bridgehead atoms. The Labute approximate surface area is 157 Å². The van der Waals surface area contributed by atoms with Crippen LogP contribution in [0.3, 0.4) is 0 Å². The predicted molar refractivity (Wildman–Crippen MR) is 101 cm³/mol. The topological polar surface area (TPSA) is 61.9 Å². The van der Waals surface area contributed by atoms with Gasteiger partial charge in [-0.25, -0.2) is 9.18 Å². The smallest absolute Gasteiger partial charge is 0.339 e. The molecule has 0 atom stereocenters. The number of hydrogen-bond donors (Lipinski definition) is 1. The average molecular weight is 371 g/mol. The minimum atomic E-state index is -0.487. The molecule has 0 radical (unpaired) electrons. The maximum Gasteiger partial charge on any atom is 0.339 e. The standard InChI is InChI=1S/C20H22FN3O3/c1-27-20(26)17-4-2-3-5-18(17)22-19(25)14-23-10-12-24(13-11-23)16-8-6-15(21)7-9-16/h2-9H,10-14H2,1H3,(H,22,25). The molecule has 1 saturated heterocycles. The second kappa shape index (κ2) is 8.64. The summed E-state index contributed by atoms with van der Waals surface area (Å²) in [5.74, 6) is -0.915. The number of carbonyl (C=O) groups is 2. The van der Waals surface area contributed by atoms with E-state index in [9.17, 15) is 14.0 Å². The van der Waals surface area contributed by atoms with Gasteiger partial charge in [-0.1, -0.05) is 12.1 Å². The van der Waals surface area contributed by atoms with Gasteiger partial charge in [-0.2, -0.15) is 0 Å². The van der Waals surface area contributed by atoms with E-state index in [1.54, 1.807) is 36.4 Å². The van der Waals surface area contributed by atoms with Crippen molar-refractivity contribution in [3.05, 3.63) is 59.9 Å². The van der Waals surface area contributed by atoms with Crippen LogP contribution in [0.2, 0.25) is 0 Å². The molecule has 0 unspecified atom stereocenters. The van der Waals surface area contributed by atoms with Crippen LogP contribution in [0.25, 0.3) is 0 Å². The molecule has 27 heavy (non-hydrogen) atoms. The molecule has 1 N–H and O–H groups in total. The third-order valence-electron chi connectivity index (χ3n) is 4.54. The molecule has 0 aliphatic carbocycles. The molecule has 0 spiro atoms. The van der Waals surface area contributed by atoms with Crippen LogP contribution in [0.4, 0.5) is 15.8 Å². The monoisotopic (exact) mass is 371 g/mol. The van der Waals surface area contributed by atoms with Crippen molar-refractivity contribution in [2.24, 2.45) is 0 Å². The van der Waals surface area contributed by atoms with Crippen LogP contribution in [0.15, 0.2) is 48.5 Å². The number of nitrogens with zero attached hydrogens (tertiary/aromatic N) is 2. The number of nitrogens with one attached hydrogen (secondary N) is 1. The molecule has 1 heterocycles. The third kappa shape index (κ3) is 4.83. The lowest BCUT2D eigenvalue weighted by molar-refractivity contribution is -0.117. The third-order valence-corrected chi connectivity index (χ3v) is 4.54. The number of rotatable bonds is 5. The summed E-state index contributed by atoms with van der Waals surface area (Å²) in [5, 5.41) is 2.79. The lowest BCUT2D eigenvalue weighted by Gasteiger charge is -2.35. The van der Waals surface area contributed by atoms with Gasteiger partial charge in [-0.15, -0.1) is 0 Å². The van der Waals surface area contributed by atoms with Gasteiger partial charge in [0.15, 0.2) is 0 Å². The number of benzene rings is 2. The Morgan fingerprint density at radius 3 is 2.37 bits per heavy atom. The van der Waals surface area contributed by atoms with E-state index in [-0.39, 0.29) is 18.3 Å². The molecule has 7 heteroatoms. The molecule has 0 saturated carbocycles. The minimum absolute atomic E-state index is 0.179. The number of esters is 1. The molecule has 142 valence electrons. The Morgan fingerprint density at radius 1 is 1.04 bits per heavy atom. The maximum atomic E-state index is 13.0. The van der Waals surface area contributed by atoms with Crippen LogP contribution in [0.1, 0.15) is 10.4 Å². The second-order valence-electron chi connectivity index (χ2n) is 6.32. The SMILES string of the molecule is COC(=O)c1ccccc1NC(=O)CN1CCN(c2ccc(F)cc2)CC1. The molecule has 3 rings (SSSR count). The van der Waals surface area contributed by atoms with E-state index in [0.29, 0.717) is 11.3 Å². The summed E-state index contributed by atoms with van der Waals surface area (Å²) in [6.45, 7) is 3.22. The van der Waals surface area contributed by atoms with Crippen molar-refractivity contribution in [1.29, 1.82) is 0 Å². The summed E-state index contributed by atoms with van der Waals surface area (Å²) in [7, 11) is 1.31. The van der Waals surface area contributed by atoms with Crippen molar-refractivity contribution >= 4 is 23.3 Å². The van der Waals surface area contributed by atoms with E-state index in [1.165, 1.54) is 19.2 Å². The highest BCUT2D eigenvalue weighted by Gasteiger charge is 2.20. The van der Waals surface area contributed by atoms with E-state index >= 15 is 0 Å². The number of para-hydroxylation sites is 1. The Morgan fingerprint density at radius 2 is 1.70 bits per heavy atom. The Hall–Kier alpha value is -2.93. The normalized spacial score (nSPS) is 14.7. The summed E-state index contributed by atoms with van der Waals surface area (Å²) < 4.78 is 17.8. The molecule has 1 aliphatic heterocycles. The fourth-order valence-electron chi connectivity index (χ4n) is 3.09. The van der Waals surface area contributed by atoms with Gasteiger partial charge >= 0.3 is 5.97 Å². The van der Waals surface area contributed by atoms with Crippen LogP contribution < -0.4 is 10.2 Å².